The second-order valence-corrected chi connectivity index (χ2v) is 1.59. The number of hydrogen-bond donors (Lipinski definition) is 1. The molecular weight excluding hydrogens is 116 g/mol. The molecule has 0 unspecified atom stereocenters. The minimum absolute atomic E-state index is 0.0694. The van der Waals surface area contributed by atoms with E-state index in [1.54, 1.807) is 19.3 Å². The quantitative estimate of drug-likeness (QED) is 0.591. The van der Waals surface area contributed by atoms with Gasteiger partial charge in [0.1, 0.15) is 0 Å². The van der Waals surface area contributed by atoms with Gasteiger partial charge in [0, 0.05) is 18.8 Å². The molecule has 0 fully saturated rings. The van der Waals surface area contributed by atoms with E-state index in [1.165, 1.54) is 6.42 Å². The first-order valence-corrected chi connectivity index (χ1v) is 2.67. The highest BCUT2D eigenvalue weighted by molar-refractivity contribution is 5.98. The molecule has 0 aliphatic heterocycles. The van der Waals surface area contributed by atoms with Gasteiger partial charge in [0.05, 0.1) is 0 Å². The Morgan fingerprint density at radius 2 is 2.67 bits per heavy atom. The molecule has 0 amide bonds. The Morgan fingerprint density at radius 3 is 3.11 bits per heavy atom. The second-order valence-electron chi connectivity index (χ2n) is 1.59. The molecule has 47 valence electrons. The van der Waals surface area contributed by atoms with Gasteiger partial charge in [0.25, 0.3) is 0 Å². The van der Waals surface area contributed by atoms with Crippen molar-refractivity contribution in [2.75, 3.05) is 0 Å². The van der Waals surface area contributed by atoms with Crippen LogP contribution in [0.5, 0.6) is 0 Å². The number of carbonyl (C=O) groups is 1. The van der Waals surface area contributed by atoms with Gasteiger partial charge in [-0.2, -0.15) is 0 Å². The fraction of sp³-hybridized carbons (Fsp3) is 0.167. The van der Waals surface area contributed by atoms with Crippen LogP contribution in [-0.4, -0.2) is 15.8 Å². The lowest BCUT2D eigenvalue weighted by Crippen LogP contribution is -1.98. The number of aromatic amines is 1. The zero-order valence-electron chi connectivity index (χ0n) is 5.09. The van der Waals surface area contributed by atoms with E-state index in [4.69, 9.17) is 0 Å². The second kappa shape index (κ2) is 2.44. The van der Waals surface area contributed by atoms with Crippen LogP contribution in [0.15, 0.2) is 12.4 Å². The first-order valence-electron chi connectivity index (χ1n) is 2.67. The summed E-state index contributed by atoms with van der Waals surface area (Å²) >= 11 is 0. The maximum Gasteiger partial charge on any atom is 0.201 e. The molecule has 1 aromatic heterocycles. The van der Waals surface area contributed by atoms with E-state index >= 15 is 0 Å². The van der Waals surface area contributed by atoms with E-state index in [2.05, 4.69) is 9.97 Å². The van der Waals surface area contributed by atoms with Crippen molar-refractivity contribution >= 4 is 5.78 Å². The molecule has 0 atom stereocenters. The topological polar surface area (TPSA) is 45.8 Å². The van der Waals surface area contributed by atoms with E-state index in [1.807, 2.05) is 0 Å². The van der Waals surface area contributed by atoms with Crippen molar-refractivity contribution in [3.05, 3.63) is 24.6 Å². The Labute approximate surface area is 53.1 Å². The highest BCUT2D eigenvalue weighted by Crippen LogP contribution is 1.91. The van der Waals surface area contributed by atoms with E-state index in [-0.39, 0.29) is 5.78 Å². The third kappa shape index (κ3) is 1.16. The summed E-state index contributed by atoms with van der Waals surface area (Å²) in [4.78, 5) is 17.2. The van der Waals surface area contributed by atoms with Crippen molar-refractivity contribution in [1.82, 2.24) is 9.97 Å². The lowest BCUT2D eigenvalue weighted by molar-refractivity contribution is 0.102. The smallest absolute Gasteiger partial charge is 0.201 e. The van der Waals surface area contributed by atoms with Crippen molar-refractivity contribution in [1.29, 1.82) is 0 Å². The van der Waals surface area contributed by atoms with Crippen LogP contribution in [0, 0.1) is 6.42 Å². The number of nitrogens with zero attached hydrogens (tertiary/aromatic N) is 1. The lowest BCUT2D eigenvalue weighted by Gasteiger charge is -1.85. The van der Waals surface area contributed by atoms with E-state index in [0.29, 0.717) is 5.82 Å². The summed E-state index contributed by atoms with van der Waals surface area (Å²) in [6, 6.07) is 0. The average molecular weight is 123 g/mol. The summed E-state index contributed by atoms with van der Waals surface area (Å²) in [7, 11) is 0. The Morgan fingerprint density at radius 1 is 1.89 bits per heavy atom. The van der Waals surface area contributed by atoms with Crippen LogP contribution in [0.2, 0.25) is 0 Å². The number of Topliss-reactive ketones (excluding diaryl/α,β-unsaturated/α-hetero) is 1. The predicted octanol–water partition coefficient (Wildman–Crippen LogP) is 0.817. The molecule has 1 aromatic rings. The minimum Gasteiger partial charge on any atom is -0.342 e. The normalized spacial score (nSPS) is 9.44. The molecular formula is C6H7N2O. The molecule has 1 radical (unpaired) electrons. The zero-order chi connectivity index (χ0) is 6.69. The number of ketones is 1. The molecule has 9 heavy (non-hydrogen) atoms. The highest BCUT2D eigenvalue weighted by Gasteiger charge is 2.02. The minimum atomic E-state index is -0.0694. The molecule has 0 spiro atoms. The Balaban J connectivity index is 2.77. The molecule has 0 aliphatic rings. The van der Waals surface area contributed by atoms with E-state index < -0.39 is 0 Å². The number of hydrogen-bond acceptors (Lipinski definition) is 2. The van der Waals surface area contributed by atoms with Gasteiger partial charge >= 0.3 is 0 Å². The van der Waals surface area contributed by atoms with Crippen LogP contribution in [0.25, 0.3) is 0 Å². The number of H-pyrrole nitrogens is 1. The van der Waals surface area contributed by atoms with Crippen molar-refractivity contribution < 1.29 is 4.79 Å². The molecule has 3 heteroatoms. The summed E-state index contributed by atoms with van der Waals surface area (Å²) in [5.74, 6) is 0.331. The molecule has 0 aliphatic carbocycles. The van der Waals surface area contributed by atoms with E-state index in [0.717, 1.165) is 0 Å². The van der Waals surface area contributed by atoms with Crippen molar-refractivity contribution in [3.8, 4) is 0 Å². The Kier molecular flexibility index (Phi) is 1.63. The first kappa shape index (κ1) is 6.01. The van der Waals surface area contributed by atoms with Gasteiger partial charge in [0.2, 0.25) is 5.78 Å². The van der Waals surface area contributed by atoms with Gasteiger partial charge in [-0.15, -0.1) is 0 Å². The van der Waals surface area contributed by atoms with Gasteiger partial charge in [0.15, 0.2) is 5.82 Å². The van der Waals surface area contributed by atoms with Crippen molar-refractivity contribution in [2.24, 2.45) is 0 Å². The average Bonchev–Trinajstić information content (AvgIpc) is 2.37. The molecule has 0 saturated carbocycles. The summed E-state index contributed by atoms with van der Waals surface area (Å²) in [5.41, 5.74) is 0. The van der Waals surface area contributed by atoms with Crippen LogP contribution < -0.4 is 0 Å². The van der Waals surface area contributed by atoms with Gasteiger partial charge < -0.3 is 4.98 Å². The molecule has 1 heterocycles. The van der Waals surface area contributed by atoms with Crippen LogP contribution in [0.3, 0.4) is 0 Å². The predicted molar refractivity (Wildman–Crippen MR) is 32.9 cm³/mol. The highest BCUT2D eigenvalue weighted by atomic mass is 16.1. The largest absolute Gasteiger partial charge is 0.342 e. The van der Waals surface area contributed by atoms with Crippen molar-refractivity contribution in [3.63, 3.8) is 0 Å². The Hall–Kier alpha value is -1.12. The molecule has 0 bridgehead atoms. The van der Waals surface area contributed by atoms with E-state index in [9.17, 15) is 4.79 Å². The Bertz CT molecular complexity index is 191. The maximum atomic E-state index is 10.7. The fourth-order valence-corrected chi connectivity index (χ4v) is 0.537. The van der Waals surface area contributed by atoms with Crippen LogP contribution in [-0.2, 0) is 0 Å². The number of imidazole rings is 1. The zero-order valence-corrected chi connectivity index (χ0v) is 5.09. The lowest BCUT2D eigenvalue weighted by atomic mass is 10.3. The van der Waals surface area contributed by atoms with Gasteiger partial charge in [-0.25, -0.2) is 4.98 Å². The number of aromatic nitrogens is 2. The molecule has 3 nitrogen and oxygen atoms in total. The molecule has 1 N–H and O–H groups in total. The van der Waals surface area contributed by atoms with Crippen LogP contribution in [0.1, 0.15) is 17.5 Å². The fourth-order valence-electron chi connectivity index (χ4n) is 0.537. The van der Waals surface area contributed by atoms with Crippen LogP contribution in [0.4, 0.5) is 0 Å². The molecule has 0 saturated heterocycles. The van der Waals surface area contributed by atoms with Crippen molar-refractivity contribution in [2.45, 2.75) is 6.92 Å². The number of rotatable bonds is 2. The summed E-state index contributed by atoms with van der Waals surface area (Å²) in [6.07, 6.45) is 4.65. The van der Waals surface area contributed by atoms with Gasteiger partial charge in [-0.05, 0) is 0 Å². The van der Waals surface area contributed by atoms with Gasteiger partial charge in [-0.1, -0.05) is 6.92 Å². The van der Waals surface area contributed by atoms with Gasteiger partial charge in [-0.3, -0.25) is 4.79 Å². The monoisotopic (exact) mass is 123 g/mol. The third-order valence-corrected chi connectivity index (χ3v) is 0.994. The summed E-state index contributed by atoms with van der Waals surface area (Å²) in [6.45, 7) is 1.69. The maximum absolute atomic E-state index is 10.7. The standard InChI is InChI=1S/C6H7N2O/c1-2-5(9)6-7-3-4-8-6/h2-4H,1H3,(H,7,8). The number of carbonyl (C=O) groups excluding carboxylic acids is 1. The third-order valence-electron chi connectivity index (χ3n) is 0.994. The first-order chi connectivity index (χ1) is 4.34. The number of nitrogens with one attached hydrogen (secondary N) is 1. The molecule has 1 rings (SSSR count). The summed E-state index contributed by atoms with van der Waals surface area (Å²) in [5, 5.41) is 0. The SMILES string of the molecule is C[CH]C(=O)c1ncc[nH]1. The van der Waals surface area contributed by atoms with Crippen LogP contribution >= 0.6 is 0 Å². The summed E-state index contributed by atoms with van der Waals surface area (Å²) < 4.78 is 0. The molecule has 0 aromatic carbocycles.